The van der Waals surface area contributed by atoms with Crippen molar-refractivity contribution in [2.45, 2.75) is 38.5 Å². The lowest BCUT2D eigenvalue weighted by atomic mass is 10.0. The summed E-state index contributed by atoms with van der Waals surface area (Å²) in [4.78, 5) is 9.50. The van der Waals surface area contributed by atoms with E-state index in [0.29, 0.717) is 16.7 Å². The van der Waals surface area contributed by atoms with Gasteiger partial charge >= 0.3 is 0 Å². The zero-order valence-corrected chi connectivity index (χ0v) is 19.0. The van der Waals surface area contributed by atoms with Crippen LogP contribution in [0.5, 0.6) is 0 Å². The molecule has 0 aromatic carbocycles. The van der Waals surface area contributed by atoms with Gasteiger partial charge in [-0.25, -0.2) is 0 Å². The molecule has 24 heavy (non-hydrogen) atoms. The van der Waals surface area contributed by atoms with Crippen LogP contribution in [0.15, 0.2) is 4.99 Å². The van der Waals surface area contributed by atoms with Crippen molar-refractivity contribution in [1.29, 1.82) is 0 Å². The Morgan fingerprint density at radius 3 is 2.46 bits per heavy atom. The molecule has 0 aromatic heterocycles. The van der Waals surface area contributed by atoms with Crippen molar-refractivity contribution in [1.82, 2.24) is 15.1 Å². The number of guanidine groups is 1. The average Bonchev–Trinajstić information content (AvgIpc) is 2.51. The Morgan fingerprint density at radius 1 is 1.25 bits per heavy atom. The highest BCUT2D eigenvalue weighted by molar-refractivity contribution is 14.0. The molecule has 5 nitrogen and oxygen atoms in total. The van der Waals surface area contributed by atoms with Crippen LogP contribution in [0.3, 0.4) is 0 Å². The van der Waals surface area contributed by atoms with Gasteiger partial charge in [0, 0.05) is 56.3 Å². The maximum Gasteiger partial charge on any atom is 0.193 e. The van der Waals surface area contributed by atoms with Crippen molar-refractivity contribution >= 4 is 41.7 Å². The molecule has 0 aliphatic carbocycles. The maximum absolute atomic E-state index is 5.50. The second kappa shape index (κ2) is 10.4. The summed E-state index contributed by atoms with van der Waals surface area (Å²) < 4.78 is 5.80. The molecular weight excluding hydrogens is 435 g/mol. The summed E-state index contributed by atoms with van der Waals surface area (Å²) >= 11 is 2.06. The Bertz CT molecular complexity index is 400. The molecule has 2 aliphatic rings. The molecule has 0 amide bonds. The molecule has 0 saturated carbocycles. The zero-order valence-electron chi connectivity index (χ0n) is 15.9. The second-order valence-corrected chi connectivity index (χ2v) is 9.22. The SMILES string of the molecule is CN=C(NCC(C(C)C)N1CCOCC1)N1CCSC(C)(C)C1.I. The predicted molar refractivity (Wildman–Crippen MR) is 116 cm³/mol. The highest BCUT2D eigenvalue weighted by Gasteiger charge is 2.30. The van der Waals surface area contributed by atoms with Crippen LogP contribution in [0.4, 0.5) is 0 Å². The molecule has 2 heterocycles. The summed E-state index contributed by atoms with van der Waals surface area (Å²) in [7, 11) is 1.90. The molecule has 0 radical (unpaired) electrons. The molecular formula is C17H35IN4OS. The van der Waals surface area contributed by atoms with Crippen LogP contribution in [0.2, 0.25) is 0 Å². The largest absolute Gasteiger partial charge is 0.379 e. The Labute approximate surface area is 169 Å². The summed E-state index contributed by atoms with van der Waals surface area (Å²) in [6.45, 7) is 16.1. The molecule has 0 spiro atoms. The quantitative estimate of drug-likeness (QED) is 0.388. The van der Waals surface area contributed by atoms with Crippen LogP contribution in [-0.2, 0) is 4.74 Å². The van der Waals surface area contributed by atoms with Gasteiger partial charge in [-0.05, 0) is 19.8 Å². The fraction of sp³-hybridized carbons (Fsp3) is 0.941. The Kier molecular flexibility index (Phi) is 9.69. The number of aliphatic imine (C=N–C) groups is 1. The van der Waals surface area contributed by atoms with E-state index in [-0.39, 0.29) is 24.0 Å². The first kappa shape index (κ1) is 22.3. The first-order chi connectivity index (χ1) is 10.9. The lowest BCUT2D eigenvalue weighted by Gasteiger charge is -2.41. The van der Waals surface area contributed by atoms with Gasteiger partial charge in [0.15, 0.2) is 5.96 Å². The first-order valence-electron chi connectivity index (χ1n) is 8.84. The lowest BCUT2D eigenvalue weighted by Crippen LogP contribution is -2.55. The van der Waals surface area contributed by atoms with E-state index in [1.807, 2.05) is 7.05 Å². The molecule has 2 saturated heterocycles. The van der Waals surface area contributed by atoms with E-state index < -0.39 is 0 Å². The molecule has 0 bridgehead atoms. The molecule has 7 heteroatoms. The zero-order chi connectivity index (χ0) is 16.9. The highest BCUT2D eigenvalue weighted by Crippen LogP contribution is 2.29. The van der Waals surface area contributed by atoms with Crippen LogP contribution in [-0.4, -0.2) is 85.3 Å². The monoisotopic (exact) mass is 470 g/mol. The summed E-state index contributed by atoms with van der Waals surface area (Å²) in [6, 6.07) is 0.530. The number of halogens is 1. The van der Waals surface area contributed by atoms with Gasteiger partial charge in [0.05, 0.1) is 13.2 Å². The summed E-state index contributed by atoms with van der Waals surface area (Å²) in [6.07, 6.45) is 0. The van der Waals surface area contributed by atoms with Gasteiger partial charge in [-0.15, -0.1) is 24.0 Å². The third kappa shape index (κ3) is 6.53. The van der Waals surface area contributed by atoms with Gasteiger partial charge in [0.1, 0.15) is 0 Å². The highest BCUT2D eigenvalue weighted by atomic mass is 127. The van der Waals surface area contributed by atoms with Gasteiger partial charge in [0.25, 0.3) is 0 Å². The van der Waals surface area contributed by atoms with E-state index in [1.54, 1.807) is 0 Å². The molecule has 2 aliphatic heterocycles. The standard InChI is InChI=1S/C17H34N4OS.HI/c1-14(2)15(20-6-9-22-10-7-20)12-19-16(18-5)21-8-11-23-17(3,4)13-21;/h14-15H,6-13H2,1-5H3,(H,18,19);1H. The molecule has 1 N–H and O–H groups in total. The van der Waals surface area contributed by atoms with Crippen LogP contribution in [0.1, 0.15) is 27.7 Å². The molecule has 0 aromatic rings. The maximum atomic E-state index is 5.50. The molecule has 142 valence electrons. The smallest absolute Gasteiger partial charge is 0.193 e. The molecule has 2 fully saturated rings. The number of morpholine rings is 1. The summed E-state index contributed by atoms with van der Waals surface area (Å²) in [5.74, 6) is 2.84. The fourth-order valence-corrected chi connectivity index (χ4v) is 4.53. The lowest BCUT2D eigenvalue weighted by molar-refractivity contribution is 0.00739. The van der Waals surface area contributed by atoms with Gasteiger partial charge in [-0.2, -0.15) is 11.8 Å². The van der Waals surface area contributed by atoms with E-state index in [1.165, 1.54) is 5.75 Å². The normalized spacial score (nSPS) is 23.8. The van der Waals surface area contributed by atoms with E-state index >= 15 is 0 Å². The number of nitrogens with one attached hydrogen (secondary N) is 1. The van der Waals surface area contributed by atoms with Crippen molar-refractivity contribution in [3.8, 4) is 0 Å². The third-order valence-electron chi connectivity index (χ3n) is 4.69. The summed E-state index contributed by atoms with van der Waals surface area (Å²) in [5, 5.41) is 3.64. The van der Waals surface area contributed by atoms with Crippen molar-refractivity contribution in [2.24, 2.45) is 10.9 Å². The molecule has 1 atom stereocenters. The minimum absolute atomic E-state index is 0. The van der Waals surface area contributed by atoms with Crippen LogP contribution in [0, 0.1) is 5.92 Å². The Morgan fingerprint density at radius 2 is 1.92 bits per heavy atom. The number of ether oxygens (including phenoxy) is 1. The third-order valence-corrected chi connectivity index (χ3v) is 5.99. The van der Waals surface area contributed by atoms with Crippen LogP contribution >= 0.6 is 35.7 Å². The van der Waals surface area contributed by atoms with Crippen molar-refractivity contribution in [3.63, 3.8) is 0 Å². The minimum atomic E-state index is 0. The van der Waals surface area contributed by atoms with Gasteiger partial charge in [-0.1, -0.05) is 13.8 Å². The van der Waals surface area contributed by atoms with Crippen LogP contribution in [0.25, 0.3) is 0 Å². The average molecular weight is 470 g/mol. The predicted octanol–water partition coefficient (Wildman–Crippen LogP) is 2.36. The van der Waals surface area contributed by atoms with E-state index in [2.05, 4.69) is 59.6 Å². The number of hydrogen-bond donors (Lipinski definition) is 1. The number of nitrogens with zero attached hydrogens (tertiary/aromatic N) is 3. The fourth-order valence-electron chi connectivity index (χ4n) is 3.42. The number of rotatable bonds is 4. The topological polar surface area (TPSA) is 40.1 Å². The minimum Gasteiger partial charge on any atom is -0.379 e. The summed E-state index contributed by atoms with van der Waals surface area (Å²) in [5.41, 5.74) is 0. The van der Waals surface area contributed by atoms with Gasteiger partial charge in [0.2, 0.25) is 0 Å². The number of thioether (sulfide) groups is 1. The van der Waals surface area contributed by atoms with Crippen molar-refractivity contribution < 1.29 is 4.74 Å². The van der Waals surface area contributed by atoms with Crippen molar-refractivity contribution in [3.05, 3.63) is 0 Å². The molecule has 1 unspecified atom stereocenters. The van der Waals surface area contributed by atoms with Gasteiger partial charge in [-0.3, -0.25) is 9.89 Å². The van der Waals surface area contributed by atoms with E-state index in [9.17, 15) is 0 Å². The van der Waals surface area contributed by atoms with E-state index in [0.717, 1.165) is 51.9 Å². The van der Waals surface area contributed by atoms with Gasteiger partial charge < -0.3 is 15.0 Å². The second-order valence-electron chi connectivity index (χ2n) is 7.42. The van der Waals surface area contributed by atoms with Crippen molar-refractivity contribution in [2.75, 3.05) is 58.7 Å². The number of hydrogen-bond acceptors (Lipinski definition) is 4. The first-order valence-corrected chi connectivity index (χ1v) is 9.83. The Hall–Kier alpha value is 0.270. The molecule has 2 rings (SSSR count). The van der Waals surface area contributed by atoms with Crippen LogP contribution < -0.4 is 5.32 Å². The van der Waals surface area contributed by atoms with E-state index in [4.69, 9.17) is 4.74 Å². The Balaban J connectivity index is 0.00000288.